The predicted molar refractivity (Wildman–Crippen MR) is 116 cm³/mol. The summed E-state index contributed by atoms with van der Waals surface area (Å²) < 4.78 is 8.17. The predicted octanol–water partition coefficient (Wildman–Crippen LogP) is 0.944. The molecule has 1 aromatic carbocycles. The van der Waals surface area contributed by atoms with Crippen molar-refractivity contribution in [2.75, 3.05) is 12.8 Å². The molecule has 158 valence electrons. The van der Waals surface area contributed by atoms with Gasteiger partial charge in [-0.05, 0) is 51.9 Å². The van der Waals surface area contributed by atoms with Crippen LogP contribution >= 0.6 is 34.2 Å². The fraction of sp³-hybridized carbons (Fsp3) is 0.333. The van der Waals surface area contributed by atoms with Gasteiger partial charge >= 0.3 is 0 Å². The summed E-state index contributed by atoms with van der Waals surface area (Å²) in [5.74, 6) is -0.388. The van der Waals surface area contributed by atoms with Crippen molar-refractivity contribution >= 4 is 57.1 Å². The second kappa shape index (κ2) is 8.23. The van der Waals surface area contributed by atoms with Crippen LogP contribution in [0.3, 0.4) is 0 Å². The molecule has 0 radical (unpaired) electrons. The van der Waals surface area contributed by atoms with E-state index in [4.69, 9.17) is 22.1 Å². The summed E-state index contributed by atoms with van der Waals surface area (Å²) in [6.07, 6.45) is -3.85. The van der Waals surface area contributed by atoms with Crippen LogP contribution in [0.15, 0.2) is 30.6 Å². The molecule has 0 aliphatic carbocycles. The number of aliphatic hydroxyl groups is 2. The van der Waals surface area contributed by atoms with E-state index < -0.39 is 30.4 Å². The third kappa shape index (κ3) is 3.83. The SMILES string of the molecule is CN(Cc1cccc(I)c1)C(=O)[C@H]1O[C@@H](n2cnc3c(N)nc(Cl)nc32)[C@H](O)[C@@H]1O. The van der Waals surface area contributed by atoms with Crippen molar-refractivity contribution in [3.05, 3.63) is 45.0 Å². The number of anilines is 1. The van der Waals surface area contributed by atoms with Gasteiger partial charge in [-0.25, -0.2) is 4.98 Å². The lowest BCUT2D eigenvalue weighted by molar-refractivity contribution is -0.147. The van der Waals surface area contributed by atoms with Crippen LogP contribution in [-0.2, 0) is 16.1 Å². The summed E-state index contributed by atoms with van der Waals surface area (Å²) in [5, 5.41) is 21.0. The molecular weight excluding hydrogens is 527 g/mol. The molecule has 30 heavy (non-hydrogen) atoms. The Hall–Kier alpha value is -2.06. The van der Waals surface area contributed by atoms with Crippen LogP contribution in [0.1, 0.15) is 11.8 Å². The van der Waals surface area contributed by atoms with Crippen LogP contribution in [0.2, 0.25) is 5.28 Å². The first kappa shape index (κ1) is 21.2. The van der Waals surface area contributed by atoms with Crippen molar-refractivity contribution in [3.8, 4) is 0 Å². The molecule has 1 amide bonds. The number of nitrogens with two attached hydrogens (primary N) is 1. The lowest BCUT2D eigenvalue weighted by Gasteiger charge is -2.22. The maximum atomic E-state index is 12.9. The average Bonchev–Trinajstić information content (AvgIpc) is 3.23. The lowest BCUT2D eigenvalue weighted by atomic mass is 10.1. The number of imidazole rings is 1. The standard InChI is InChI=1S/C18H18ClIN6O4/c1-25(6-8-3-2-4-9(20)5-8)16(29)13-11(27)12(28)17(30-13)26-7-22-10-14(21)23-18(19)24-15(10)26/h2-5,7,11-13,17,27-28H,6H2,1H3,(H2,21,23,24)/t11-,12+,13-,17+/m0/s1. The first-order chi connectivity index (χ1) is 14.3. The number of likely N-dealkylation sites (N-methyl/N-ethyl adjacent to an activating group) is 1. The molecule has 1 saturated heterocycles. The minimum absolute atomic E-state index is 0.0710. The molecule has 0 bridgehead atoms. The third-order valence-corrected chi connectivity index (χ3v) is 5.70. The zero-order chi connectivity index (χ0) is 21.6. The van der Waals surface area contributed by atoms with Crippen LogP contribution in [0, 0.1) is 3.57 Å². The topological polar surface area (TPSA) is 140 Å². The largest absolute Gasteiger partial charge is 0.387 e. The van der Waals surface area contributed by atoms with Gasteiger partial charge < -0.3 is 25.6 Å². The first-order valence-electron chi connectivity index (χ1n) is 8.93. The molecule has 4 N–H and O–H groups in total. The van der Waals surface area contributed by atoms with Gasteiger partial charge in [0.1, 0.15) is 17.7 Å². The molecule has 0 spiro atoms. The number of carbonyl (C=O) groups is 1. The van der Waals surface area contributed by atoms with E-state index in [0.717, 1.165) is 9.13 Å². The van der Waals surface area contributed by atoms with Gasteiger partial charge in [-0.1, -0.05) is 12.1 Å². The van der Waals surface area contributed by atoms with E-state index in [0.29, 0.717) is 6.54 Å². The molecular formula is C18H18ClIN6O4. The number of nitrogen functional groups attached to an aromatic ring is 1. The fourth-order valence-corrected chi connectivity index (χ4v) is 4.17. The highest BCUT2D eigenvalue weighted by Crippen LogP contribution is 2.33. The van der Waals surface area contributed by atoms with Crippen LogP contribution < -0.4 is 5.73 Å². The Morgan fingerprint density at radius 2 is 2.13 bits per heavy atom. The highest BCUT2D eigenvalue weighted by molar-refractivity contribution is 14.1. The Bertz CT molecular complexity index is 1110. The summed E-state index contributed by atoms with van der Waals surface area (Å²) >= 11 is 8.07. The van der Waals surface area contributed by atoms with Crippen molar-refractivity contribution in [1.82, 2.24) is 24.4 Å². The number of ether oxygens (including phenoxy) is 1. The Balaban J connectivity index is 1.56. The molecule has 2 aromatic heterocycles. The number of benzene rings is 1. The second-order valence-electron chi connectivity index (χ2n) is 6.95. The van der Waals surface area contributed by atoms with E-state index in [-0.39, 0.29) is 22.3 Å². The first-order valence-corrected chi connectivity index (χ1v) is 10.4. The van der Waals surface area contributed by atoms with Crippen LogP contribution in [0.25, 0.3) is 11.2 Å². The molecule has 3 aromatic rings. The Labute approximate surface area is 189 Å². The lowest BCUT2D eigenvalue weighted by Crippen LogP contribution is -2.43. The number of halogens is 2. The van der Waals surface area contributed by atoms with Gasteiger partial charge in [-0.15, -0.1) is 0 Å². The zero-order valence-corrected chi connectivity index (χ0v) is 18.6. The minimum Gasteiger partial charge on any atom is -0.387 e. The van der Waals surface area contributed by atoms with Crippen molar-refractivity contribution < 1.29 is 19.7 Å². The maximum Gasteiger partial charge on any atom is 0.254 e. The molecule has 0 unspecified atom stereocenters. The number of carbonyl (C=O) groups excluding carboxylic acids is 1. The zero-order valence-electron chi connectivity index (χ0n) is 15.7. The molecule has 3 heterocycles. The summed E-state index contributed by atoms with van der Waals surface area (Å²) in [7, 11) is 1.61. The van der Waals surface area contributed by atoms with Gasteiger partial charge in [0.2, 0.25) is 5.28 Å². The average molecular weight is 545 g/mol. The van der Waals surface area contributed by atoms with E-state index >= 15 is 0 Å². The van der Waals surface area contributed by atoms with Crippen molar-refractivity contribution in [1.29, 1.82) is 0 Å². The second-order valence-corrected chi connectivity index (χ2v) is 8.54. The molecule has 12 heteroatoms. The van der Waals surface area contributed by atoms with Crippen molar-refractivity contribution in [2.24, 2.45) is 0 Å². The molecule has 1 aliphatic rings. The molecule has 4 rings (SSSR count). The van der Waals surface area contributed by atoms with Crippen molar-refractivity contribution in [2.45, 2.75) is 31.1 Å². The summed E-state index contributed by atoms with van der Waals surface area (Å²) in [5.41, 5.74) is 7.24. The van der Waals surface area contributed by atoms with Crippen LogP contribution in [-0.4, -0.2) is 65.9 Å². The van der Waals surface area contributed by atoms with Gasteiger partial charge in [0.25, 0.3) is 5.91 Å². The molecule has 1 aliphatic heterocycles. The monoisotopic (exact) mass is 544 g/mol. The minimum atomic E-state index is -1.44. The van der Waals surface area contributed by atoms with E-state index in [1.165, 1.54) is 15.8 Å². The summed E-state index contributed by atoms with van der Waals surface area (Å²) in [4.78, 5) is 26.4. The molecule has 4 atom stereocenters. The molecule has 0 saturated carbocycles. The van der Waals surface area contributed by atoms with E-state index in [2.05, 4.69) is 37.5 Å². The number of aliphatic hydroxyl groups excluding tert-OH is 2. The van der Waals surface area contributed by atoms with E-state index in [9.17, 15) is 15.0 Å². The number of hydrogen-bond acceptors (Lipinski definition) is 8. The molecule has 10 nitrogen and oxygen atoms in total. The Morgan fingerprint density at radius 1 is 1.37 bits per heavy atom. The quantitative estimate of drug-likeness (QED) is 0.326. The Morgan fingerprint density at radius 3 is 2.87 bits per heavy atom. The number of aromatic nitrogens is 4. The van der Waals surface area contributed by atoms with Gasteiger partial charge in [0.15, 0.2) is 23.8 Å². The number of rotatable bonds is 4. The Kier molecular flexibility index (Phi) is 5.81. The number of hydrogen-bond donors (Lipinski definition) is 3. The van der Waals surface area contributed by atoms with Gasteiger partial charge in [-0.2, -0.15) is 9.97 Å². The van der Waals surface area contributed by atoms with Gasteiger partial charge in [0, 0.05) is 17.2 Å². The fourth-order valence-electron chi connectivity index (χ4n) is 3.39. The molecule has 1 fully saturated rings. The van der Waals surface area contributed by atoms with Crippen LogP contribution in [0.4, 0.5) is 5.82 Å². The third-order valence-electron chi connectivity index (χ3n) is 4.86. The van der Waals surface area contributed by atoms with Crippen LogP contribution in [0.5, 0.6) is 0 Å². The smallest absolute Gasteiger partial charge is 0.254 e. The number of fused-ring (bicyclic) bond motifs is 1. The highest BCUT2D eigenvalue weighted by atomic mass is 127. The van der Waals surface area contributed by atoms with Crippen molar-refractivity contribution in [3.63, 3.8) is 0 Å². The van der Waals surface area contributed by atoms with E-state index in [1.54, 1.807) is 7.05 Å². The number of amides is 1. The number of nitrogens with zero attached hydrogens (tertiary/aromatic N) is 5. The highest BCUT2D eigenvalue weighted by Gasteiger charge is 2.48. The van der Waals surface area contributed by atoms with Gasteiger partial charge in [-0.3, -0.25) is 9.36 Å². The van der Waals surface area contributed by atoms with Gasteiger partial charge in [0.05, 0.1) is 6.33 Å². The summed E-state index contributed by atoms with van der Waals surface area (Å²) in [6.45, 7) is 0.330. The summed E-state index contributed by atoms with van der Waals surface area (Å²) in [6, 6.07) is 7.72. The normalized spacial score (nSPS) is 23.8. The maximum absolute atomic E-state index is 12.9. The van der Waals surface area contributed by atoms with E-state index in [1.807, 2.05) is 24.3 Å².